The highest BCUT2D eigenvalue weighted by molar-refractivity contribution is 5.69. The number of ether oxygens (including phenoxy) is 1. The summed E-state index contributed by atoms with van der Waals surface area (Å²) >= 11 is 0. The highest BCUT2D eigenvalue weighted by Gasteiger charge is 2.62. The summed E-state index contributed by atoms with van der Waals surface area (Å²) < 4.78 is 4.86. The van der Waals surface area contributed by atoms with Crippen molar-refractivity contribution in [2.24, 2.45) is 46.3 Å². The lowest BCUT2D eigenvalue weighted by molar-refractivity contribution is -0.172. The van der Waals surface area contributed by atoms with E-state index >= 15 is 0 Å². The molecule has 0 aromatic rings. The van der Waals surface area contributed by atoms with Crippen molar-refractivity contribution < 1.29 is 19.7 Å². The summed E-state index contributed by atoms with van der Waals surface area (Å²) in [5.41, 5.74) is 0.533. The Balaban J connectivity index is 1.52. The van der Waals surface area contributed by atoms with Crippen LogP contribution in [0.5, 0.6) is 0 Å². The Hall–Kier alpha value is -0.610. The smallest absolute Gasteiger partial charge is 0.305 e. The fourth-order valence-electron chi connectivity index (χ4n) is 8.90. The number of hydrogen-bond acceptors (Lipinski definition) is 4. The molecule has 4 saturated carbocycles. The summed E-state index contributed by atoms with van der Waals surface area (Å²) in [6.45, 7) is 7.28. The molecule has 0 saturated heterocycles. The lowest BCUT2D eigenvalue weighted by Gasteiger charge is -2.62. The van der Waals surface area contributed by atoms with E-state index in [9.17, 15) is 15.0 Å². The highest BCUT2D eigenvalue weighted by Crippen LogP contribution is 2.68. The predicted octanol–water partition coefficient (Wildman–Crippen LogP) is 4.57. The van der Waals surface area contributed by atoms with Crippen molar-refractivity contribution in [2.75, 3.05) is 7.11 Å². The number of rotatable bonds is 4. The van der Waals surface area contributed by atoms with E-state index in [-0.39, 0.29) is 29.5 Å². The monoisotopic (exact) mass is 406 g/mol. The Labute approximate surface area is 176 Å². The number of fused-ring (bicyclic) bond motifs is 5. The Morgan fingerprint density at radius 1 is 1.00 bits per heavy atom. The van der Waals surface area contributed by atoms with Crippen LogP contribution in [-0.4, -0.2) is 35.5 Å². The van der Waals surface area contributed by atoms with E-state index < -0.39 is 0 Å². The number of carbonyl (C=O) groups excluding carboxylic acids is 1. The van der Waals surface area contributed by atoms with E-state index in [1.807, 2.05) is 0 Å². The third-order valence-corrected chi connectivity index (χ3v) is 10.4. The van der Waals surface area contributed by atoms with Gasteiger partial charge in [0.25, 0.3) is 0 Å². The van der Waals surface area contributed by atoms with Crippen molar-refractivity contribution >= 4 is 5.97 Å². The van der Waals surface area contributed by atoms with E-state index in [2.05, 4.69) is 20.8 Å². The molecule has 4 heteroatoms. The Kier molecular flexibility index (Phi) is 5.83. The lowest BCUT2D eigenvalue weighted by atomic mass is 9.44. The molecule has 4 unspecified atom stereocenters. The number of carbonyl (C=O) groups is 1. The molecular formula is C25H42O4. The number of aliphatic hydroxyl groups is 2. The third kappa shape index (κ3) is 3.46. The van der Waals surface area contributed by atoms with Gasteiger partial charge in [-0.3, -0.25) is 4.79 Å². The summed E-state index contributed by atoms with van der Waals surface area (Å²) in [5.74, 6) is 3.42. The number of esters is 1. The summed E-state index contributed by atoms with van der Waals surface area (Å²) in [6, 6.07) is 0. The fourth-order valence-corrected chi connectivity index (χ4v) is 8.90. The molecule has 0 amide bonds. The SMILES string of the molecule is COC(=O)CC[C@@H](C)C1CCC2C3C[C@H](O)[C@@H]4C[C@H](O)CC[C@]4(C)C3CC[C@@]21C. The van der Waals surface area contributed by atoms with Gasteiger partial charge in [-0.25, -0.2) is 0 Å². The van der Waals surface area contributed by atoms with Crippen LogP contribution in [0.2, 0.25) is 0 Å². The standard InChI is InChI=1S/C25H42O4/c1-15(5-8-23(28)29-4)18-6-7-19-17-14-22(27)21-13-16(26)9-11-25(21,3)20(17)10-12-24(18,19)2/h15-22,26-27H,5-14H2,1-4H3/t15-,16-,17?,18?,19?,20?,21+,22+,24-,25-/m1/s1. The summed E-state index contributed by atoms with van der Waals surface area (Å²) in [5, 5.41) is 21.3. The van der Waals surface area contributed by atoms with Gasteiger partial charge in [-0.15, -0.1) is 0 Å². The predicted molar refractivity (Wildman–Crippen MR) is 113 cm³/mol. The summed E-state index contributed by atoms with van der Waals surface area (Å²) in [4.78, 5) is 11.6. The van der Waals surface area contributed by atoms with Crippen LogP contribution in [0.3, 0.4) is 0 Å². The van der Waals surface area contributed by atoms with Gasteiger partial charge in [0.05, 0.1) is 19.3 Å². The van der Waals surface area contributed by atoms with Gasteiger partial charge in [0.2, 0.25) is 0 Å². The van der Waals surface area contributed by atoms with E-state index in [1.165, 1.54) is 32.8 Å². The molecule has 4 fully saturated rings. The van der Waals surface area contributed by atoms with Gasteiger partial charge in [-0.05, 0) is 104 Å². The fraction of sp³-hybridized carbons (Fsp3) is 0.960. The first-order valence-corrected chi connectivity index (χ1v) is 12.1. The topological polar surface area (TPSA) is 66.8 Å². The minimum absolute atomic E-state index is 0.0888. The third-order valence-electron chi connectivity index (χ3n) is 10.4. The van der Waals surface area contributed by atoms with Crippen molar-refractivity contribution in [1.29, 1.82) is 0 Å². The molecule has 0 bridgehead atoms. The first kappa shape index (κ1) is 21.6. The van der Waals surface area contributed by atoms with Gasteiger partial charge in [0.1, 0.15) is 0 Å². The van der Waals surface area contributed by atoms with E-state index in [1.54, 1.807) is 0 Å². The second-order valence-electron chi connectivity index (χ2n) is 11.5. The van der Waals surface area contributed by atoms with Crippen molar-refractivity contribution in [3.63, 3.8) is 0 Å². The van der Waals surface area contributed by atoms with Gasteiger partial charge >= 0.3 is 5.97 Å². The van der Waals surface area contributed by atoms with Crippen molar-refractivity contribution in [3.05, 3.63) is 0 Å². The van der Waals surface area contributed by atoms with Gasteiger partial charge < -0.3 is 14.9 Å². The molecular weight excluding hydrogens is 364 g/mol. The zero-order valence-electron chi connectivity index (χ0n) is 18.9. The first-order chi connectivity index (χ1) is 13.7. The average Bonchev–Trinajstić information content (AvgIpc) is 3.05. The second-order valence-corrected chi connectivity index (χ2v) is 11.5. The molecule has 0 aliphatic heterocycles. The summed E-state index contributed by atoms with van der Waals surface area (Å²) in [7, 11) is 1.48. The molecule has 10 atom stereocenters. The van der Waals surface area contributed by atoms with Crippen molar-refractivity contribution in [2.45, 2.75) is 97.2 Å². The van der Waals surface area contributed by atoms with Crippen LogP contribution in [0.1, 0.15) is 85.0 Å². The van der Waals surface area contributed by atoms with Crippen LogP contribution in [0, 0.1) is 46.3 Å². The van der Waals surface area contributed by atoms with Crippen LogP contribution >= 0.6 is 0 Å². The molecule has 29 heavy (non-hydrogen) atoms. The van der Waals surface area contributed by atoms with Crippen molar-refractivity contribution in [3.8, 4) is 0 Å². The molecule has 0 aromatic heterocycles. The van der Waals surface area contributed by atoms with E-state index in [0.29, 0.717) is 41.4 Å². The largest absolute Gasteiger partial charge is 0.469 e. The molecule has 0 spiro atoms. The van der Waals surface area contributed by atoms with Crippen LogP contribution < -0.4 is 0 Å². The zero-order valence-corrected chi connectivity index (χ0v) is 18.9. The Bertz CT molecular complexity index is 620. The summed E-state index contributed by atoms with van der Waals surface area (Å²) in [6.07, 6.45) is 9.77. The average molecular weight is 407 g/mol. The lowest BCUT2D eigenvalue weighted by Crippen LogP contribution is -2.58. The molecule has 4 nitrogen and oxygen atoms in total. The molecule has 166 valence electrons. The van der Waals surface area contributed by atoms with Crippen LogP contribution in [0.25, 0.3) is 0 Å². The maximum atomic E-state index is 11.6. The molecule has 4 aliphatic carbocycles. The molecule has 0 heterocycles. The maximum absolute atomic E-state index is 11.6. The number of methoxy groups -OCH3 is 1. The minimum Gasteiger partial charge on any atom is -0.469 e. The molecule has 4 rings (SSSR count). The molecule has 0 aromatic carbocycles. The van der Waals surface area contributed by atoms with Gasteiger partial charge in [-0.1, -0.05) is 20.8 Å². The van der Waals surface area contributed by atoms with Crippen LogP contribution in [0.15, 0.2) is 0 Å². The minimum atomic E-state index is -0.255. The highest BCUT2D eigenvalue weighted by atomic mass is 16.5. The van der Waals surface area contributed by atoms with Crippen LogP contribution in [0.4, 0.5) is 0 Å². The molecule has 4 aliphatic rings. The molecule has 2 N–H and O–H groups in total. The van der Waals surface area contributed by atoms with Gasteiger partial charge in [0.15, 0.2) is 0 Å². The second kappa shape index (κ2) is 7.82. The zero-order chi connectivity index (χ0) is 21.0. The van der Waals surface area contributed by atoms with Gasteiger partial charge in [-0.2, -0.15) is 0 Å². The number of aliphatic hydroxyl groups excluding tert-OH is 2. The number of hydrogen-bond donors (Lipinski definition) is 2. The molecule has 0 radical (unpaired) electrons. The first-order valence-electron chi connectivity index (χ1n) is 12.1. The Morgan fingerprint density at radius 3 is 2.41 bits per heavy atom. The van der Waals surface area contributed by atoms with E-state index in [4.69, 9.17) is 4.74 Å². The normalized spacial score (nSPS) is 50.2. The van der Waals surface area contributed by atoms with E-state index in [0.717, 1.165) is 32.1 Å². The van der Waals surface area contributed by atoms with Crippen molar-refractivity contribution in [1.82, 2.24) is 0 Å². The maximum Gasteiger partial charge on any atom is 0.305 e. The van der Waals surface area contributed by atoms with Gasteiger partial charge in [0, 0.05) is 6.42 Å². The Morgan fingerprint density at radius 2 is 1.69 bits per heavy atom. The quantitative estimate of drug-likeness (QED) is 0.671. The van der Waals surface area contributed by atoms with Crippen LogP contribution in [-0.2, 0) is 9.53 Å².